The number of rotatable bonds is 4. The van der Waals surface area contributed by atoms with Gasteiger partial charge in [-0.3, -0.25) is 0 Å². The van der Waals surface area contributed by atoms with Crippen molar-refractivity contribution in [2.75, 3.05) is 7.11 Å². The average molecular weight is 267 g/mol. The quantitative estimate of drug-likeness (QED) is 0.786. The van der Waals surface area contributed by atoms with Crippen LogP contribution in [0.15, 0.2) is 60.7 Å². The molecule has 0 unspecified atom stereocenters. The Labute approximate surface area is 118 Å². The van der Waals surface area contributed by atoms with E-state index in [2.05, 4.69) is 0 Å². The molecule has 0 fully saturated rings. The smallest absolute Gasteiger partial charge is 0.122 e. The van der Waals surface area contributed by atoms with Crippen LogP contribution in [0.5, 0.6) is 0 Å². The molecule has 0 aliphatic heterocycles. The van der Waals surface area contributed by atoms with Crippen molar-refractivity contribution in [3.8, 4) is 0 Å². The van der Waals surface area contributed by atoms with E-state index < -0.39 is 6.10 Å². The predicted molar refractivity (Wildman–Crippen MR) is 79.5 cm³/mol. The summed E-state index contributed by atoms with van der Waals surface area (Å²) in [5, 5.41) is 11.7. The highest BCUT2D eigenvalue weighted by Gasteiger charge is 2.17. The van der Waals surface area contributed by atoms with Crippen molar-refractivity contribution in [2.24, 2.45) is 0 Å². The van der Waals surface area contributed by atoms with E-state index >= 15 is 0 Å². The van der Waals surface area contributed by atoms with Crippen LogP contribution in [0.4, 0.5) is 0 Å². The largest absolute Gasteiger partial charge is 0.382 e. The third kappa shape index (κ3) is 2.22. The van der Waals surface area contributed by atoms with Crippen LogP contribution in [0.2, 0.25) is 0 Å². The van der Waals surface area contributed by atoms with Gasteiger partial charge in [0.05, 0.1) is 11.2 Å². The van der Waals surface area contributed by atoms with Crippen molar-refractivity contribution in [3.63, 3.8) is 0 Å². The number of para-hydroxylation sites is 1. The van der Waals surface area contributed by atoms with Gasteiger partial charge in [-0.2, -0.15) is 0 Å². The maximum absolute atomic E-state index is 10.6. The van der Waals surface area contributed by atoms with Gasteiger partial charge in [-0.25, -0.2) is 0 Å². The molecule has 3 nitrogen and oxygen atoms in total. The van der Waals surface area contributed by atoms with Gasteiger partial charge in [0.2, 0.25) is 0 Å². The van der Waals surface area contributed by atoms with Gasteiger partial charge in [0.1, 0.15) is 12.8 Å². The number of fused-ring (bicyclic) bond motifs is 1. The predicted octanol–water partition coefficient (Wildman–Crippen LogP) is 3.33. The Hall–Kier alpha value is -2.10. The molecule has 0 spiro atoms. The zero-order chi connectivity index (χ0) is 13.9. The number of hydrogen-bond donors (Lipinski definition) is 1. The molecule has 1 heterocycles. The molecule has 1 atom stereocenters. The van der Waals surface area contributed by atoms with Crippen LogP contribution in [0, 0.1) is 0 Å². The average Bonchev–Trinajstić information content (AvgIpc) is 2.87. The van der Waals surface area contributed by atoms with Crippen molar-refractivity contribution >= 4 is 10.9 Å². The normalized spacial score (nSPS) is 12.7. The van der Waals surface area contributed by atoms with Crippen molar-refractivity contribution in [1.29, 1.82) is 0 Å². The number of hydrogen-bond acceptors (Lipinski definition) is 2. The number of methoxy groups -OCH3 is 1. The molecule has 0 radical (unpaired) electrons. The molecule has 0 saturated heterocycles. The number of benzene rings is 2. The molecular formula is C17H17NO2. The zero-order valence-corrected chi connectivity index (χ0v) is 11.4. The Morgan fingerprint density at radius 2 is 1.75 bits per heavy atom. The second-order valence-electron chi connectivity index (χ2n) is 4.79. The SMILES string of the molecule is COCn1c([C@H](O)c2ccccc2)cc2ccccc21. The van der Waals surface area contributed by atoms with Crippen molar-refractivity contribution < 1.29 is 9.84 Å². The fourth-order valence-corrected chi connectivity index (χ4v) is 2.54. The van der Waals surface area contributed by atoms with E-state index in [1.807, 2.05) is 65.2 Å². The van der Waals surface area contributed by atoms with E-state index in [1.54, 1.807) is 7.11 Å². The van der Waals surface area contributed by atoms with Crippen molar-refractivity contribution in [3.05, 3.63) is 71.9 Å². The summed E-state index contributed by atoms with van der Waals surface area (Å²) in [4.78, 5) is 0. The first-order valence-electron chi connectivity index (χ1n) is 6.61. The summed E-state index contributed by atoms with van der Waals surface area (Å²) in [6.07, 6.45) is -0.654. The lowest BCUT2D eigenvalue weighted by Gasteiger charge is -2.15. The molecule has 3 rings (SSSR count). The molecule has 1 aromatic heterocycles. The molecule has 0 saturated carbocycles. The highest BCUT2D eigenvalue weighted by Crippen LogP contribution is 2.28. The van der Waals surface area contributed by atoms with Crippen LogP contribution in [0.25, 0.3) is 10.9 Å². The third-order valence-corrected chi connectivity index (χ3v) is 3.50. The topological polar surface area (TPSA) is 34.4 Å². The maximum atomic E-state index is 10.6. The van der Waals surface area contributed by atoms with Crippen LogP contribution < -0.4 is 0 Å². The van der Waals surface area contributed by atoms with E-state index in [-0.39, 0.29) is 0 Å². The zero-order valence-electron chi connectivity index (χ0n) is 11.4. The summed E-state index contributed by atoms with van der Waals surface area (Å²) in [6.45, 7) is 0.423. The highest BCUT2D eigenvalue weighted by atomic mass is 16.5. The Morgan fingerprint density at radius 3 is 2.50 bits per heavy atom. The molecule has 0 amide bonds. The first-order valence-corrected chi connectivity index (χ1v) is 6.61. The lowest BCUT2D eigenvalue weighted by molar-refractivity contribution is 0.122. The molecule has 20 heavy (non-hydrogen) atoms. The Morgan fingerprint density at radius 1 is 1.05 bits per heavy atom. The second-order valence-corrected chi connectivity index (χ2v) is 4.79. The Balaban J connectivity index is 2.12. The molecule has 3 heteroatoms. The highest BCUT2D eigenvalue weighted by molar-refractivity contribution is 5.81. The fourth-order valence-electron chi connectivity index (χ4n) is 2.54. The third-order valence-electron chi connectivity index (χ3n) is 3.50. The first-order chi connectivity index (χ1) is 9.81. The van der Waals surface area contributed by atoms with Gasteiger partial charge in [0.15, 0.2) is 0 Å². The van der Waals surface area contributed by atoms with Crippen LogP contribution in [0.3, 0.4) is 0 Å². The lowest BCUT2D eigenvalue weighted by atomic mass is 10.1. The monoisotopic (exact) mass is 267 g/mol. The molecule has 0 aliphatic carbocycles. The minimum atomic E-state index is -0.654. The summed E-state index contributed by atoms with van der Waals surface area (Å²) in [5.41, 5.74) is 2.80. The van der Waals surface area contributed by atoms with E-state index in [1.165, 1.54) is 0 Å². The molecule has 1 N–H and O–H groups in total. The van der Waals surface area contributed by atoms with E-state index in [4.69, 9.17) is 4.74 Å². The van der Waals surface area contributed by atoms with Crippen LogP contribution in [-0.4, -0.2) is 16.8 Å². The molecular weight excluding hydrogens is 250 g/mol. The van der Waals surface area contributed by atoms with Crippen molar-refractivity contribution in [1.82, 2.24) is 4.57 Å². The number of ether oxygens (including phenoxy) is 1. The van der Waals surface area contributed by atoms with Gasteiger partial charge in [-0.1, -0.05) is 48.5 Å². The van der Waals surface area contributed by atoms with Gasteiger partial charge in [-0.05, 0) is 17.7 Å². The van der Waals surface area contributed by atoms with Crippen LogP contribution in [0.1, 0.15) is 17.4 Å². The van der Waals surface area contributed by atoms with Crippen LogP contribution in [-0.2, 0) is 11.5 Å². The minimum Gasteiger partial charge on any atom is -0.382 e. The maximum Gasteiger partial charge on any atom is 0.122 e. The van der Waals surface area contributed by atoms with Gasteiger partial charge in [0, 0.05) is 12.5 Å². The summed E-state index contributed by atoms with van der Waals surface area (Å²) in [5.74, 6) is 0. The standard InChI is InChI=1S/C17H17NO2/c1-20-12-18-15-10-6-5-9-14(15)11-16(18)17(19)13-7-3-2-4-8-13/h2-11,17,19H,12H2,1H3/t17-/m1/s1. The second kappa shape index (κ2) is 5.49. The Bertz CT molecular complexity index is 703. The number of aliphatic hydroxyl groups excluding tert-OH is 1. The van der Waals surface area contributed by atoms with Gasteiger partial charge in [-0.15, -0.1) is 0 Å². The van der Waals surface area contributed by atoms with Gasteiger partial charge < -0.3 is 14.4 Å². The van der Waals surface area contributed by atoms with Gasteiger partial charge in [0.25, 0.3) is 0 Å². The Kier molecular flexibility index (Phi) is 3.54. The first kappa shape index (κ1) is 12.9. The summed E-state index contributed by atoms with van der Waals surface area (Å²) in [6, 6.07) is 19.8. The van der Waals surface area contributed by atoms with E-state index in [9.17, 15) is 5.11 Å². The minimum absolute atomic E-state index is 0.423. The fraction of sp³-hybridized carbons (Fsp3) is 0.176. The van der Waals surface area contributed by atoms with Gasteiger partial charge >= 0.3 is 0 Å². The van der Waals surface area contributed by atoms with E-state index in [0.717, 1.165) is 22.2 Å². The van der Waals surface area contributed by atoms with Crippen LogP contribution >= 0.6 is 0 Å². The molecule has 0 aliphatic rings. The number of aliphatic hydroxyl groups is 1. The number of nitrogens with zero attached hydrogens (tertiary/aromatic N) is 1. The van der Waals surface area contributed by atoms with Crippen molar-refractivity contribution in [2.45, 2.75) is 12.8 Å². The summed E-state index contributed by atoms with van der Waals surface area (Å²) in [7, 11) is 1.66. The number of aromatic nitrogens is 1. The molecule has 3 aromatic rings. The van der Waals surface area contributed by atoms with E-state index in [0.29, 0.717) is 6.73 Å². The summed E-state index contributed by atoms with van der Waals surface area (Å²) < 4.78 is 7.28. The summed E-state index contributed by atoms with van der Waals surface area (Å²) >= 11 is 0. The molecule has 0 bridgehead atoms. The molecule has 2 aromatic carbocycles. The molecule has 102 valence electrons. The lowest BCUT2D eigenvalue weighted by Crippen LogP contribution is -2.09.